The van der Waals surface area contributed by atoms with Gasteiger partial charge in [-0.05, 0) is 241 Å². The van der Waals surface area contributed by atoms with Gasteiger partial charge in [0, 0.05) is 17.1 Å². The van der Waals surface area contributed by atoms with E-state index < -0.39 is 20.2 Å². The molecular weight excluding hydrogens is 1120 g/mol. The Kier molecular flexibility index (Phi) is 13.9. The van der Waals surface area contributed by atoms with E-state index in [1.54, 1.807) is 0 Å². The Balaban J connectivity index is 0.000000148. The van der Waals surface area contributed by atoms with Crippen molar-refractivity contribution in [1.82, 2.24) is 0 Å². The fourth-order valence-corrected chi connectivity index (χ4v) is 13.7. The van der Waals surface area contributed by atoms with Crippen LogP contribution in [0, 0.1) is 0 Å². The number of hydrogen-bond donors (Lipinski definition) is 2. The van der Waals surface area contributed by atoms with Crippen LogP contribution in [0.15, 0.2) is 224 Å². The maximum atomic E-state index is 11.3. The first-order valence-corrected chi connectivity index (χ1v) is 30.7. The van der Waals surface area contributed by atoms with E-state index in [1.807, 2.05) is 24.3 Å². The molecule has 0 amide bonds. The van der Waals surface area contributed by atoms with Crippen molar-refractivity contribution in [2.24, 2.45) is 20.5 Å². The molecule has 10 nitrogen and oxygen atoms in total. The summed E-state index contributed by atoms with van der Waals surface area (Å²) in [6, 6.07) is 63.5. The van der Waals surface area contributed by atoms with Crippen LogP contribution in [0.25, 0.3) is 121 Å². The Morgan fingerprint density at radius 2 is 0.786 bits per heavy atom. The van der Waals surface area contributed by atoms with Crippen molar-refractivity contribution in [1.29, 1.82) is 0 Å². The minimum absolute atomic E-state index is 0. The maximum Gasteiger partial charge on any atom is 0.294 e. The van der Waals surface area contributed by atoms with E-state index in [9.17, 15) is 25.9 Å². The quantitative estimate of drug-likeness (QED) is 0.0507. The van der Waals surface area contributed by atoms with Gasteiger partial charge in [-0.2, -0.15) is 37.3 Å². The van der Waals surface area contributed by atoms with Crippen molar-refractivity contribution in [3.63, 3.8) is 0 Å². The molecule has 2 aliphatic rings. The van der Waals surface area contributed by atoms with Crippen molar-refractivity contribution >= 4 is 141 Å². The van der Waals surface area contributed by atoms with Gasteiger partial charge in [0.2, 0.25) is 0 Å². The summed E-state index contributed by atoms with van der Waals surface area (Å²) < 4.78 is 63.4. The molecule has 412 valence electrons. The molecule has 0 saturated heterocycles. The smallest absolute Gasteiger partial charge is 0.282 e. The topological polar surface area (TPSA) is 158 Å². The molecule has 0 radical (unpaired) electrons. The van der Waals surface area contributed by atoms with Crippen LogP contribution in [-0.2, 0) is 50.1 Å². The van der Waals surface area contributed by atoms with Crippen LogP contribution in [0.1, 0.15) is 44.2 Å². The second kappa shape index (κ2) is 21.4. The summed E-state index contributed by atoms with van der Waals surface area (Å²) in [5, 5.41) is 40.8. The van der Waals surface area contributed by atoms with Crippen molar-refractivity contribution in [2.75, 3.05) is 0 Å². The van der Waals surface area contributed by atoms with Crippen molar-refractivity contribution in [2.45, 2.75) is 55.7 Å². The minimum Gasteiger partial charge on any atom is -0.282 e. The zero-order chi connectivity index (χ0) is 56.7. The molecule has 2 N–H and O–H groups in total. The van der Waals surface area contributed by atoms with Gasteiger partial charge in [0.15, 0.2) is 0 Å². The summed E-state index contributed by atoms with van der Waals surface area (Å²) in [7, 11) is -8.48. The van der Waals surface area contributed by atoms with Crippen LogP contribution in [0.3, 0.4) is 0 Å². The third-order valence-corrected chi connectivity index (χ3v) is 17.9. The zero-order valence-electron chi connectivity index (χ0n) is 45.7. The average molecular weight is 1180 g/mol. The molecule has 13 heteroatoms. The van der Waals surface area contributed by atoms with E-state index >= 15 is 0 Å². The van der Waals surface area contributed by atoms with E-state index in [4.69, 9.17) is 0 Å². The molecule has 84 heavy (non-hydrogen) atoms. The summed E-state index contributed by atoms with van der Waals surface area (Å²) in [6.45, 7) is 4.25. The molecule has 0 spiro atoms. The van der Waals surface area contributed by atoms with Gasteiger partial charge in [0.1, 0.15) is 0 Å². The Labute approximate surface area is 495 Å². The van der Waals surface area contributed by atoms with Gasteiger partial charge in [-0.15, -0.1) is 0 Å². The van der Waals surface area contributed by atoms with Gasteiger partial charge in [-0.1, -0.05) is 142 Å². The standard InChI is InChI=1S/2C34H22N2O3S.C3H8.Fe/c2*37-40(38,39)27-16-14-26(15-17-27)36-35-25-12-9-22(10-13-25)31-28-6-2-4-21-7-8-24-19-23-5-1-3-20-11-18-29(31)34(30(20)23)33(24)32(21)28;1-3-2;/h2,4-19H,1,3H2,(H,37,38,39);1,3,5-19H,2,4H2,(H,37,38,39);3H2,1-2H3;. The Morgan fingerprint density at radius 1 is 0.381 bits per heavy atom. The van der Waals surface area contributed by atoms with E-state index in [2.05, 4.69) is 168 Å². The van der Waals surface area contributed by atoms with Gasteiger partial charge < -0.3 is 0 Å². The number of hydrogen-bond acceptors (Lipinski definition) is 8. The van der Waals surface area contributed by atoms with E-state index in [-0.39, 0.29) is 26.9 Å². The normalized spacial score (nSPS) is 13.3. The molecule has 0 aliphatic heterocycles. The van der Waals surface area contributed by atoms with Gasteiger partial charge in [-0.25, -0.2) is 0 Å². The van der Waals surface area contributed by atoms with Crippen LogP contribution in [-0.4, -0.2) is 25.9 Å². The van der Waals surface area contributed by atoms with E-state index in [1.165, 1.54) is 174 Å². The minimum atomic E-state index is -4.24. The zero-order valence-corrected chi connectivity index (χ0v) is 48.4. The monoisotopic (exact) mass is 1180 g/mol. The van der Waals surface area contributed by atoms with Crippen LogP contribution >= 0.6 is 0 Å². The predicted molar refractivity (Wildman–Crippen MR) is 339 cm³/mol. The van der Waals surface area contributed by atoms with Crippen LogP contribution in [0.4, 0.5) is 22.7 Å². The summed E-state index contributed by atoms with van der Waals surface area (Å²) in [5.74, 6) is 0. The maximum absolute atomic E-state index is 11.3. The van der Waals surface area contributed by atoms with Gasteiger partial charge in [0.05, 0.1) is 32.5 Å². The summed E-state index contributed by atoms with van der Waals surface area (Å²) in [4.78, 5) is -0.349. The van der Waals surface area contributed by atoms with Crippen molar-refractivity contribution < 1.29 is 43.0 Å². The second-order valence-electron chi connectivity index (χ2n) is 21.5. The van der Waals surface area contributed by atoms with Gasteiger partial charge in [-0.3, -0.25) is 9.11 Å². The number of aryl methyl sites for hydroxylation is 2. The molecule has 2 aliphatic carbocycles. The van der Waals surface area contributed by atoms with Gasteiger partial charge in [0.25, 0.3) is 20.2 Å². The third-order valence-electron chi connectivity index (χ3n) is 16.2. The average Bonchev–Trinajstić information content (AvgIpc) is 0.747. The van der Waals surface area contributed by atoms with Crippen molar-refractivity contribution in [3.05, 3.63) is 216 Å². The largest absolute Gasteiger partial charge is 0.294 e. The molecule has 0 atom stereocenters. The number of benzene rings is 14. The first kappa shape index (κ1) is 54.5. The second-order valence-corrected chi connectivity index (χ2v) is 24.3. The fourth-order valence-electron chi connectivity index (χ4n) is 12.8. The van der Waals surface area contributed by atoms with Crippen LogP contribution in [0.5, 0.6) is 0 Å². The molecular formula is C71H52FeN4O6S2. The fraction of sp³-hybridized carbons (Fsp3) is 0.0986. The molecule has 0 heterocycles. The molecule has 14 aromatic rings. The summed E-state index contributed by atoms with van der Waals surface area (Å²) in [6.07, 6.45) is 10.2. The number of nitrogens with zero attached hydrogens (tertiary/aromatic N) is 4. The summed E-state index contributed by atoms with van der Waals surface area (Å²) >= 11 is 0. The third kappa shape index (κ3) is 9.43. The Morgan fingerprint density at radius 3 is 1.39 bits per heavy atom. The molecule has 0 aromatic heterocycles. The molecule has 0 fully saturated rings. The van der Waals surface area contributed by atoms with E-state index in [0.717, 1.165) is 36.8 Å². The first-order chi connectivity index (χ1) is 40.3. The first-order valence-electron chi connectivity index (χ1n) is 27.8. The number of rotatable bonds is 8. The number of azo groups is 2. The molecule has 0 saturated carbocycles. The van der Waals surface area contributed by atoms with Crippen LogP contribution < -0.4 is 10.4 Å². The van der Waals surface area contributed by atoms with E-state index in [0.29, 0.717) is 22.7 Å². The SMILES string of the molecule is CCC.O=S(=O)(O)c1ccc(N=Nc2ccc(-c3c4c5c(ccc6cc7cccc8ccc3c(c87)c65)CCC=4)cc2)cc1.O=S(=O)(O)c1ccc(N=Nc2ccc(-c3c4cccc5ccc6cc7c8c(ccc3c8c6c54)CCC=7)cc2)cc1.[Fe]. The van der Waals surface area contributed by atoms with Crippen molar-refractivity contribution in [3.8, 4) is 22.3 Å². The Hall–Kier alpha value is -8.78. The molecule has 16 rings (SSSR count). The molecule has 0 bridgehead atoms. The molecule has 0 unspecified atom stereocenters. The summed E-state index contributed by atoms with van der Waals surface area (Å²) in [5.41, 5.74) is 9.93. The van der Waals surface area contributed by atoms with Gasteiger partial charge >= 0.3 is 0 Å². The molecule has 14 aromatic carbocycles. The van der Waals surface area contributed by atoms with Crippen LogP contribution in [0.2, 0.25) is 0 Å². The Bertz CT molecular complexity index is 5350. The predicted octanol–water partition coefficient (Wildman–Crippen LogP) is 18.4.